The molecule has 0 radical (unpaired) electrons. The maximum absolute atomic E-state index is 11.4. The summed E-state index contributed by atoms with van der Waals surface area (Å²) in [7, 11) is 1.56. The number of ether oxygens (including phenoxy) is 1. The molecule has 0 saturated heterocycles. The van der Waals surface area contributed by atoms with E-state index in [1.165, 1.54) is 4.90 Å². The SMILES string of the molecule is Cc1ccc(OCC(=O)N(C)CC=O)cc1. The summed E-state index contributed by atoms with van der Waals surface area (Å²) in [6.07, 6.45) is 0.684. The topological polar surface area (TPSA) is 46.6 Å². The largest absolute Gasteiger partial charge is 0.484 e. The van der Waals surface area contributed by atoms with Crippen molar-refractivity contribution >= 4 is 12.2 Å². The van der Waals surface area contributed by atoms with Crippen molar-refractivity contribution < 1.29 is 14.3 Å². The van der Waals surface area contributed by atoms with Crippen LogP contribution in [0.25, 0.3) is 0 Å². The quantitative estimate of drug-likeness (QED) is 0.698. The molecular formula is C12H15NO3. The summed E-state index contributed by atoms with van der Waals surface area (Å²) in [4.78, 5) is 22.9. The van der Waals surface area contributed by atoms with E-state index >= 15 is 0 Å². The lowest BCUT2D eigenvalue weighted by Gasteiger charge is -2.14. The molecule has 0 saturated carbocycles. The highest BCUT2D eigenvalue weighted by molar-refractivity contribution is 5.79. The van der Waals surface area contributed by atoms with Gasteiger partial charge in [-0.1, -0.05) is 17.7 Å². The molecule has 1 amide bonds. The second-order valence-electron chi connectivity index (χ2n) is 3.54. The lowest BCUT2D eigenvalue weighted by Crippen LogP contribution is -2.32. The molecule has 0 unspecified atom stereocenters. The Kier molecular flexibility index (Phi) is 4.51. The maximum atomic E-state index is 11.4. The van der Waals surface area contributed by atoms with Gasteiger partial charge in [-0.2, -0.15) is 0 Å². The molecule has 16 heavy (non-hydrogen) atoms. The van der Waals surface area contributed by atoms with E-state index in [1.807, 2.05) is 31.2 Å². The first-order valence-electron chi connectivity index (χ1n) is 5.00. The van der Waals surface area contributed by atoms with Crippen LogP contribution in [0.3, 0.4) is 0 Å². The Morgan fingerprint density at radius 2 is 2.00 bits per heavy atom. The van der Waals surface area contributed by atoms with Gasteiger partial charge in [0.25, 0.3) is 5.91 Å². The molecule has 0 aromatic heterocycles. The summed E-state index contributed by atoms with van der Waals surface area (Å²) in [5.41, 5.74) is 1.14. The lowest BCUT2D eigenvalue weighted by atomic mass is 10.2. The molecule has 0 bridgehead atoms. The molecule has 4 heteroatoms. The van der Waals surface area contributed by atoms with Crippen LogP contribution in [0.5, 0.6) is 5.75 Å². The Bertz CT molecular complexity index is 359. The first kappa shape index (κ1) is 12.2. The Morgan fingerprint density at radius 3 is 2.56 bits per heavy atom. The number of aryl methyl sites for hydroxylation is 1. The van der Waals surface area contributed by atoms with E-state index in [9.17, 15) is 9.59 Å². The molecule has 1 rings (SSSR count). The molecule has 1 aromatic rings. The molecule has 0 aliphatic heterocycles. The van der Waals surface area contributed by atoms with Crippen molar-refractivity contribution in [1.29, 1.82) is 0 Å². The van der Waals surface area contributed by atoms with Gasteiger partial charge in [0.05, 0.1) is 6.54 Å². The highest BCUT2D eigenvalue weighted by Gasteiger charge is 2.08. The standard InChI is InChI=1S/C12H15NO3/c1-10-3-5-11(6-4-10)16-9-12(15)13(2)7-8-14/h3-6,8H,7,9H2,1-2H3. The molecule has 0 heterocycles. The van der Waals surface area contributed by atoms with Gasteiger partial charge in [0, 0.05) is 7.05 Å². The normalized spacial score (nSPS) is 9.62. The average molecular weight is 221 g/mol. The van der Waals surface area contributed by atoms with Gasteiger partial charge >= 0.3 is 0 Å². The van der Waals surface area contributed by atoms with E-state index in [4.69, 9.17) is 4.74 Å². The van der Waals surface area contributed by atoms with Gasteiger partial charge in [0.15, 0.2) is 6.61 Å². The van der Waals surface area contributed by atoms with Crippen molar-refractivity contribution in [3.05, 3.63) is 29.8 Å². The number of hydrogen-bond acceptors (Lipinski definition) is 3. The third-order valence-electron chi connectivity index (χ3n) is 2.16. The molecule has 1 aromatic carbocycles. The summed E-state index contributed by atoms with van der Waals surface area (Å²) in [6.45, 7) is 2.02. The van der Waals surface area contributed by atoms with Gasteiger partial charge in [0.2, 0.25) is 0 Å². The molecule has 0 atom stereocenters. The van der Waals surface area contributed by atoms with Crippen molar-refractivity contribution in [2.24, 2.45) is 0 Å². The number of hydrogen-bond donors (Lipinski definition) is 0. The van der Waals surface area contributed by atoms with Crippen molar-refractivity contribution in [2.75, 3.05) is 20.2 Å². The second-order valence-corrected chi connectivity index (χ2v) is 3.54. The van der Waals surface area contributed by atoms with E-state index in [2.05, 4.69) is 0 Å². The molecule has 0 aliphatic carbocycles. The number of rotatable bonds is 5. The van der Waals surface area contributed by atoms with Gasteiger partial charge in [-0.15, -0.1) is 0 Å². The molecule has 86 valence electrons. The highest BCUT2D eigenvalue weighted by atomic mass is 16.5. The fraction of sp³-hybridized carbons (Fsp3) is 0.333. The zero-order valence-corrected chi connectivity index (χ0v) is 9.47. The third-order valence-corrected chi connectivity index (χ3v) is 2.16. The molecule has 0 fully saturated rings. The zero-order valence-electron chi connectivity index (χ0n) is 9.47. The van der Waals surface area contributed by atoms with Crippen LogP contribution in [0.4, 0.5) is 0 Å². The minimum atomic E-state index is -0.215. The Morgan fingerprint density at radius 1 is 1.38 bits per heavy atom. The van der Waals surface area contributed by atoms with Crippen molar-refractivity contribution in [2.45, 2.75) is 6.92 Å². The number of aldehydes is 1. The Hall–Kier alpha value is -1.84. The maximum Gasteiger partial charge on any atom is 0.260 e. The number of benzene rings is 1. The minimum absolute atomic E-state index is 0.0482. The molecule has 4 nitrogen and oxygen atoms in total. The smallest absolute Gasteiger partial charge is 0.260 e. The number of nitrogens with zero attached hydrogens (tertiary/aromatic N) is 1. The molecule has 0 aliphatic rings. The van der Waals surface area contributed by atoms with Crippen LogP contribution in [0, 0.1) is 6.92 Å². The van der Waals surface area contributed by atoms with Crippen LogP contribution in [0.1, 0.15) is 5.56 Å². The fourth-order valence-corrected chi connectivity index (χ4v) is 1.10. The van der Waals surface area contributed by atoms with Crippen LogP contribution in [-0.4, -0.2) is 37.3 Å². The van der Waals surface area contributed by atoms with Crippen LogP contribution in [0.15, 0.2) is 24.3 Å². The van der Waals surface area contributed by atoms with Gasteiger partial charge in [-0.05, 0) is 19.1 Å². The fourth-order valence-electron chi connectivity index (χ4n) is 1.10. The highest BCUT2D eigenvalue weighted by Crippen LogP contribution is 2.11. The van der Waals surface area contributed by atoms with E-state index in [1.54, 1.807) is 7.05 Å². The number of likely N-dealkylation sites (N-methyl/N-ethyl adjacent to an activating group) is 1. The summed E-state index contributed by atoms with van der Waals surface area (Å²) < 4.78 is 5.28. The van der Waals surface area contributed by atoms with E-state index in [0.29, 0.717) is 12.0 Å². The van der Waals surface area contributed by atoms with Crippen molar-refractivity contribution in [1.82, 2.24) is 4.90 Å². The number of carbonyl (C=O) groups is 2. The van der Waals surface area contributed by atoms with Crippen molar-refractivity contribution in [3.8, 4) is 5.75 Å². The predicted octanol–water partition coefficient (Wildman–Crippen LogP) is 1.03. The van der Waals surface area contributed by atoms with Crippen LogP contribution >= 0.6 is 0 Å². The van der Waals surface area contributed by atoms with E-state index < -0.39 is 0 Å². The summed E-state index contributed by atoms with van der Waals surface area (Å²) in [5, 5.41) is 0. The average Bonchev–Trinajstić information content (AvgIpc) is 2.28. The minimum Gasteiger partial charge on any atom is -0.484 e. The number of carbonyl (C=O) groups excluding carboxylic acids is 2. The monoisotopic (exact) mass is 221 g/mol. The van der Waals surface area contributed by atoms with Gasteiger partial charge in [-0.3, -0.25) is 4.79 Å². The summed E-state index contributed by atoms with van der Waals surface area (Å²) >= 11 is 0. The van der Waals surface area contributed by atoms with Crippen molar-refractivity contribution in [3.63, 3.8) is 0 Å². The van der Waals surface area contributed by atoms with E-state index in [0.717, 1.165) is 5.56 Å². The van der Waals surface area contributed by atoms with Crippen LogP contribution < -0.4 is 4.74 Å². The van der Waals surface area contributed by atoms with Gasteiger partial charge in [0.1, 0.15) is 12.0 Å². The first-order chi connectivity index (χ1) is 7.63. The van der Waals surface area contributed by atoms with Gasteiger partial charge in [-0.25, -0.2) is 0 Å². The van der Waals surface area contributed by atoms with Crippen LogP contribution in [0.2, 0.25) is 0 Å². The number of amides is 1. The second kappa shape index (κ2) is 5.90. The summed E-state index contributed by atoms with van der Waals surface area (Å²) in [5.74, 6) is 0.436. The zero-order chi connectivity index (χ0) is 12.0. The third kappa shape index (κ3) is 3.73. The van der Waals surface area contributed by atoms with Gasteiger partial charge < -0.3 is 14.4 Å². The molecular weight excluding hydrogens is 206 g/mol. The summed E-state index contributed by atoms with van der Waals surface area (Å²) in [6, 6.07) is 7.44. The van der Waals surface area contributed by atoms with E-state index in [-0.39, 0.29) is 19.1 Å². The molecule has 0 N–H and O–H groups in total. The first-order valence-corrected chi connectivity index (χ1v) is 5.00. The predicted molar refractivity (Wildman–Crippen MR) is 60.4 cm³/mol. The van der Waals surface area contributed by atoms with Crippen LogP contribution in [-0.2, 0) is 9.59 Å². The Labute approximate surface area is 94.8 Å². The Balaban J connectivity index is 2.42. The lowest BCUT2D eigenvalue weighted by molar-refractivity contribution is -0.133. The molecule has 0 spiro atoms.